The topological polar surface area (TPSA) is 106 Å². The quantitative estimate of drug-likeness (QED) is 0.641. The highest BCUT2D eigenvalue weighted by molar-refractivity contribution is 7.14. The number of carboxylic acids is 1. The monoisotopic (exact) mass is 272 g/mol. The number of hydrogen-bond donors (Lipinski definition) is 2. The molecule has 98 valence electrons. The summed E-state index contributed by atoms with van der Waals surface area (Å²) < 4.78 is 4.97. The summed E-state index contributed by atoms with van der Waals surface area (Å²) in [5.41, 5.74) is -0.875. The Bertz CT molecular complexity index is 489. The van der Waals surface area contributed by atoms with Crippen molar-refractivity contribution in [3.05, 3.63) is 11.1 Å². The minimum atomic E-state index is -1.59. The lowest BCUT2D eigenvalue weighted by Gasteiger charge is -2.18. The van der Waals surface area contributed by atoms with Crippen molar-refractivity contribution in [3.8, 4) is 0 Å². The molecule has 0 aliphatic rings. The maximum Gasteiger partial charge on any atom is 0.413 e. The molecule has 0 aliphatic carbocycles. The molecule has 1 aromatic heterocycles. The molecule has 0 aliphatic heterocycles. The number of hydrogen-bond acceptors (Lipinski definition) is 6. The second-order valence-electron chi connectivity index (χ2n) is 4.30. The highest BCUT2D eigenvalue weighted by atomic mass is 32.1. The molecule has 18 heavy (non-hydrogen) atoms. The molecule has 0 aromatic carbocycles. The Morgan fingerprint density at radius 3 is 2.50 bits per heavy atom. The molecule has 1 heterocycles. The van der Waals surface area contributed by atoms with E-state index in [1.165, 1.54) is 5.38 Å². The number of ketones is 1. The number of aliphatic carboxylic acids is 1. The largest absolute Gasteiger partial charge is 0.475 e. The molecule has 0 spiro atoms. The van der Waals surface area contributed by atoms with Crippen molar-refractivity contribution in [1.29, 1.82) is 0 Å². The number of Topliss-reactive ketones (excluding diaryl/α,β-unsaturated/α-hetero) is 1. The van der Waals surface area contributed by atoms with Crippen LogP contribution in [0.5, 0.6) is 0 Å². The summed E-state index contributed by atoms with van der Waals surface area (Å²) in [7, 11) is 0. The van der Waals surface area contributed by atoms with Crippen molar-refractivity contribution in [2.24, 2.45) is 0 Å². The molecule has 0 radical (unpaired) electrons. The van der Waals surface area contributed by atoms with Gasteiger partial charge in [-0.25, -0.2) is 14.6 Å². The van der Waals surface area contributed by atoms with Crippen LogP contribution in [0.15, 0.2) is 5.38 Å². The molecule has 0 atom stereocenters. The number of nitrogens with one attached hydrogen (secondary N) is 1. The lowest BCUT2D eigenvalue weighted by Crippen LogP contribution is -2.27. The Hall–Kier alpha value is -1.96. The van der Waals surface area contributed by atoms with Gasteiger partial charge in [-0.1, -0.05) is 0 Å². The number of amides is 1. The van der Waals surface area contributed by atoms with Crippen LogP contribution < -0.4 is 5.32 Å². The smallest absolute Gasteiger partial charge is 0.413 e. The summed E-state index contributed by atoms with van der Waals surface area (Å²) >= 11 is 0.942. The Morgan fingerprint density at radius 2 is 2.00 bits per heavy atom. The predicted molar refractivity (Wildman–Crippen MR) is 63.9 cm³/mol. The average Bonchev–Trinajstić information content (AvgIpc) is 2.61. The summed E-state index contributed by atoms with van der Waals surface area (Å²) in [5.74, 6) is -2.72. The summed E-state index contributed by atoms with van der Waals surface area (Å²) in [6.45, 7) is 5.11. The third kappa shape index (κ3) is 4.13. The van der Waals surface area contributed by atoms with E-state index in [-0.39, 0.29) is 10.8 Å². The van der Waals surface area contributed by atoms with E-state index in [2.05, 4.69) is 10.3 Å². The number of carbonyl (C=O) groups is 3. The predicted octanol–water partition coefficient (Wildman–Crippen LogP) is 1.76. The fourth-order valence-corrected chi connectivity index (χ4v) is 1.61. The number of rotatable bonds is 3. The van der Waals surface area contributed by atoms with Crippen molar-refractivity contribution < 1.29 is 24.2 Å². The molecule has 1 amide bonds. The number of carboxylic acid groups (broad SMARTS) is 1. The van der Waals surface area contributed by atoms with Crippen LogP contribution in [-0.4, -0.2) is 33.5 Å². The first-order valence-corrected chi connectivity index (χ1v) is 5.80. The number of nitrogens with zero attached hydrogens (tertiary/aromatic N) is 1. The molecule has 0 bridgehead atoms. The lowest BCUT2D eigenvalue weighted by atomic mass is 10.2. The SMILES string of the molecule is CC(C)(C)OC(=O)Nc1nc(C(=O)C(=O)O)cs1. The standard InChI is InChI=1S/C10H12N2O5S/c1-10(2,3)17-9(16)12-8-11-5(4-18-8)6(13)7(14)15/h4H,1-3H3,(H,14,15)(H,11,12,16). The summed E-state index contributed by atoms with van der Waals surface area (Å²) in [4.78, 5) is 36.5. The number of aromatic nitrogens is 1. The molecule has 0 saturated heterocycles. The molecule has 0 fully saturated rings. The number of carbonyl (C=O) groups excluding carboxylic acids is 2. The number of thiazole rings is 1. The second-order valence-corrected chi connectivity index (χ2v) is 5.16. The average molecular weight is 272 g/mol. The minimum absolute atomic E-state index is 0.105. The van der Waals surface area contributed by atoms with Gasteiger partial charge >= 0.3 is 12.1 Å². The Balaban J connectivity index is 2.68. The van der Waals surface area contributed by atoms with Crippen molar-refractivity contribution >= 4 is 34.3 Å². The van der Waals surface area contributed by atoms with E-state index in [1.807, 2.05) is 0 Å². The van der Waals surface area contributed by atoms with Crippen LogP contribution >= 0.6 is 11.3 Å². The fourth-order valence-electron chi connectivity index (χ4n) is 0.936. The zero-order valence-corrected chi connectivity index (χ0v) is 10.8. The Kier molecular flexibility index (Phi) is 4.02. The number of ether oxygens (including phenoxy) is 1. The number of anilines is 1. The summed E-state index contributed by atoms with van der Waals surface area (Å²) in [6.07, 6.45) is -0.717. The Morgan fingerprint density at radius 1 is 1.39 bits per heavy atom. The van der Waals surface area contributed by atoms with Crippen LogP contribution in [-0.2, 0) is 9.53 Å². The van der Waals surface area contributed by atoms with Gasteiger partial charge in [-0.15, -0.1) is 11.3 Å². The van der Waals surface area contributed by atoms with Gasteiger partial charge in [-0.3, -0.25) is 10.1 Å². The van der Waals surface area contributed by atoms with Gasteiger partial charge in [0.05, 0.1) is 0 Å². The van der Waals surface area contributed by atoms with Gasteiger partial charge in [0.15, 0.2) is 5.13 Å². The minimum Gasteiger partial charge on any atom is -0.475 e. The molecular formula is C10H12N2O5S. The van der Waals surface area contributed by atoms with Crippen LogP contribution in [0.25, 0.3) is 0 Å². The van der Waals surface area contributed by atoms with E-state index in [9.17, 15) is 14.4 Å². The first-order valence-electron chi connectivity index (χ1n) is 4.92. The zero-order chi connectivity index (χ0) is 13.9. The van der Waals surface area contributed by atoms with Gasteiger partial charge < -0.3 is 9.84 Å². The van der Waals surface area contributed by atoms with Crippen molar-refractivity contribution in [3.63, 3.8) is 0 Å². The van der Waals surface area contributed by atoms with E-state index in [1.54, 1.807) is 20.8 Å². The van der Waals surface area contributed by atoms with Crippen LogP contribution in [0.1, 0.15) is 31.3 Å². The van der Waals surface area contributed by atoms with Gasteiger partial charge in [0.1, 0.15) is 11.3 Å². The molecule has 8 heteroatoms. The van der Waals surface area contributed by atoms with Crippen LogP contribution in [0, 0.1) is 0 Å². The van der Waals surface area contributed by atoms with Gasteiger partial charge in [-0.2, -0.15) is 0 Å². The molecule has 0 saturated carbocycles. The summed E-state index contributed by atoms with van der Waals surface area (Å²) in [6, 6.07) is 0. The van der Waals surface area contributed by atoms with E-state index in [0.717, 1.165) is 11.3 Å². The van der Waals surface area contributed by atoms with Crippen molar-refractivity contribution in [2.45, 2.75) is 26.4 Å². The van der Waals surface area contributed by atoms with Crippen molar-refractivity contribution in [2.75, 3.05) is 5.32 Å². The highest BCUT2D eigenvalue weighted by Crippen LogP contribution is 2.17. The highest BCUT2D eigenvalue weighted by Gasteiger charge is 2.20. The third-order valence-corrected chi connectivity index (χ3v) is 2.30. The van der Waals surface area contributed by atoms with Gasteiger partial charge in [0.2, 0.25) is 0 Å². The normalized spacial score (nSPS) is 10.8. The molecule has 1 rings (SSSR count). The van der Waals surface area contributed by atoms with E-state index in [0.29, 0.717) is 0 Å². The molecule has 2 N–H and O–H groups in total. The maximum atomic E-state index is 11.4. The fraction of sp³-hybridized carbons (Fsp3) is 0.400. The second kappa shape index (κ2) is 5.13. The van der Waals surface area contributed by atoms with Gasteiger partial charge in [0, 0.05) is 5.38 Å². The third-order valence-electron chi connectivity index (χ3n) is 1.54. The van der Waals surface area contributed by atoms with Crippen LogP contribution in [0.4, 0.5) is 9.93 Å². The van der Waals surface area contributed by atoms with Gasteiger partial charge in [0.25, 0.3) is 5.78 Å². The van der Waals surface area contributed by atoms with Crippen LogP contribution in [0.3, 0.4) is 0 Å². The summed E-state index contributed by atoms with van der Waals surface area (Å²) in [5, 5.41) is 12.2. The molecular weight excluding hydrogens is 260 g/mol. The van der Waals surface area contributed by atoms with E-state index < -0.39 is 23.4 Å². The van der Waals surface area contributed by atoms with E-state index >= 15 is 0 Å². The van der Waals surface area contributed by atoms with Crippen LogP contribution in [0.2, 0.25) is 0 Å². The molecule has 1 aromatic rings. The molecule has 0 unspecified atom stereocenters. The zero-order valence-electron chi connectivity index (χ0n) is 10.0. The lowest BCUT2D eigenvalue weighted by molar-refractivity contribution is -0.131. The first kappa shape index (κ1) is 14.1. The van der Waals surface area contributed by atoms with E-state index in [4.69, 9.17) is 9.84 Å². The maximum absolute atomic E-state index is 11.4. The molecule has 7 nitrogen and oxygen atoms in total. The first-order chi connectivity index (χ1) is 8.19. The van der Waals surface area contributed by atoms with Crippen molar-refractivity contribution in [1.82, 2.24) is 4.98 Å². The Labute approximate surface area is 107 Å². The van der Waals surface area contributed by atoms with Gasteiger partial charge in [-0.05, 0) is 20.8 Å².